The van der Waals surface area contributed by atoms with E-state index in [1.807, 2.05) is 5.01 Å². The number of carbonyl (C=O) groups excluding carboxylic acids is 1. The van der Waals surface area contributed by atoms with E-state index in [1.165, 1.54) is 0 Å². The number of hydrazine groups is 1. The van der Waals surface area contributed by atoms with Gasteiger partial charge in [0.25, 0.3) is 5.91 Å². The van der Waals surface area contributed by atoms with Gasteiger partial charge < -0.3 is 0 Å². The van der Waals surface area contributed by atoms with Crippen LogP contribution in [0.4, 0.5) is 0 Å². The van der Waals surface area contributed by atoms with Crippen LogP contribution in [0.5, 0.6) is 0 Å². The molecular weight excluding hydrogens is 202 g/mol. The van der Waals surface area contributed by atoms with E-state index in [-0.39, 0.29) is 5.91 Å². The molecule has 1 unspecified atom stereocenters. The number of carbonyl (C=O) groups is 1. The highest BCUT2D eigenvalue weighted by Gasteiger charge is 2.30. The van der Waals surface area contributed by atoms with Gasteiger partial charge in [-0.1, -0.05) is 0 Å². The van der Waals surface area contributed by atoms with Crippen molar-refractivity contribution >= 4 is 16.9 Å². The molecule has 0 radical (unpaired) electrons. The molecule has 1 atom stereocenters. The summed E-state index contributed by atoms with van der Waals surface area (Å²) < 4.78 is 13.9. The lowest BCUT2D eigenvalue weighted by molar-refractivity contribution is -0.115. The van der Waals surface area contributed by atoms with Crippen LogP contribution in [-0.4, -0.2) is 28.2 Å². The van der Waals surface area contributed by atoms with E-state index >= 15 is 0 Å². The Kier molecular flexibility index (Phi) is 2.56. The molecule has 0 bridgehead atoms. The lowest BCUT2D eigenvalue weighted by Gasteiger charge is -2.29. The first kappa shape index (κ1) is 9.67. The summed E-state index contributed by atoms with van der Waals surface area (Å²) in [5.74, 6) is -0.231. The first-order valence-electron chi connectivity index (χ1n) is 4.65. The second-order valence-electron chi connectivity index (χ2n) is 3.40. The Balaban J connectivity index is 2.23. The van der Waals surface area contributed by atoms with Crippen molar-refractivity contribution in [3.05, 3.63) is 10.6 Å². The largest absolute Gasteiger partial charge is 0.298 e. The third-order valence-electron chi connectivity index (χ3n) is 2.38. The van der Waals surface area contributed by atoms with Crippen molar-refractivity contribution in [1.29, 1.82) is 0 Å². The zero-order valence-corrected chi connectivity index (χ0v) is 8.82. The van der Waals surface area contributed by atoms with E-state index in [9.17, 15) is 9.00 Å². The van der Waals surface area contributed by atoms with Crippen molar-refractivity contribution in [2.75, 3.05) is 13.1 Å². The fraction of sp³-hybridized carbons (Fsp3) is 0.625. The minimum absolute atomic E-state index is 0.231. The maximum Gasteiger partial charge on any atom is 0.261 e. The van der Waals surface area contributed by atoms with Crippen LogP contribution in [0.1, 0.15) is 19.8 Å². The van der Waals surface area contributed by atoms with E-state index < -0.39 is 11.0 Å². The van der Waals surface area contributed by atoms with Gasteiger partial charge in [0.1, 0.15) is 5.03 Å². The van der Waals surface area contributed by atoms with E-state index in [2.05, 4.69) is 10.1 Å². The predicted octanol–water partition coefficient (Wildman–Crippen LogP) is -0.388. The summed E-state index contributed by atoms with van der Waals surface area (Å²) in [5, 5.41) is 2.42. The summed E-state index contributed by atoms with van der Waals surface area (Å²) in [6.45, 7) is 3.39. The zero-order valence-electron chi connectivity index (χ0n) is 8.00. The normalized spacial score (nSPS) is 28.2. The van der Waals surface area contributed by atoms with Crippen molar-refractivity contribution < 1.29 is 9.00 Å². The molecule has 0 spiro atoms. The van der Waals surface area contributed by atoms with Gasteiger partial charge in [0.2, 0.25) is 0 Å². The van der Waals surface area contributed by atoms with Gasteiger partial charge >= 0.3 is 0 Å². The minimum Gasteiger partial charge on any atom is -0.298 e. The molecule has 0 aromatic carbocycles. The molecule has 2 aliphatic heterocycles. The van der Waals surface area contributed by atoms with Gasteiger partial charge in [0.15, 0.2) is 11.0 Å². The maximum atomic E-state index is 11.5. The van der Waals surface area contributed by atoms with Crippen LogP contribution in [-0.2, 0) is 15.8 Å². The molecule has 6 heteroatoms. The number of nitrogens with one attached hydrogen (secondary N) is 2. The number of hydrogen-bond acceptors (Lipinski definition) is 4. The van der Waals surface area contributed by atoms with E-state index in [1.54, 1.807) is 6.92 Å². The highest BCUT2D eigenvalue weighted by atomic mass is 32.2. The maximum absolute atomic E-state index is 11.5. The molecule has 2 N–H and O–H groups in total. The summed E-state index contributed by atoms with van der Waals surface area (Å²) in [6, 6.07) is 0. The highest BCUT2D eigenvalue weighted by Crippen LogP contribution is 2.19. The Morgan fingerprint density at radius 3 is 2.71 bits per heavy atom. The summed E-state index contributed by atoms with van der Waals surface area (Å²) in [5.41, 5.74) is 3.69. The average molecular weight is 215 g/mol. The van der Waals surface area contributed by atoms with Crippen LogP contribution >= 0.6 is 0 Å². The molecule has 2 aliphatic rings. The molecule has 0 saturated carbocycles. The van der Waals surface area contributed by atoms with Gasteiger partial charge in [0, 0.05) is 13.1 Å². The monoisotopic (exact) mass is 215 g/mol. The van der Waals surface area contributed by atoms with Gasteiger partial charge in [-0.05, 0) is 19.8 Å². The SMILES string of the molecule is CC1=C(N2CCCCN2)S(=O)NC1=O. The van der Waals surface area contributed by atoms with Crippen molar-refractivity contribution in [3.63, 3.8) is 0 Å². The summed E-state index contributed by atoms with van der Waals surface area (Å²) in [4.78, 5) is 11.2. The van der Waals surface area contributed by atoms with Crippen molar-refractivity contribution in [2.45, 2.75) is 19.8 Å². The van der Waals surface area contributed by atoms with Gasteiger partial charge in [-0.15, -0.1) is 0 Å². The molecule has 1 amide bonds. The number of amides is 1. The van der Waals surface area contributed by atoms with Crippen LogP contribution in [0.25, 0.3) is 0 Å². The summed E-state index contributed by atoms with van der Waals surface area (Å²) in [6.07, 6.45) is 2.19. The molecule has 2 rings (SSSR count). The van der Waals surface area contributed by atoms with Crippen LogP contribution in [0.15, 0.2) is 10.6 Å². The molecule has 0 aromatic heterocycles. The molecule has 0 aliphatic carbocycles. The number of hydrogen-bond donors (Lipinski definition) is 2. The average Bonchev–Trinajstić information content (AvgIpc) is 2.43. The number of rotatable bonds is 1. The van der Waals surface area contributed by atoms with Crippen LogP contribution in [0.3, 0.4) is 0 Å². The molecule has 14 heavy (non-hydrogen) atoms. The van der Waals surface area contributed by atoms with E-state index in [4.69, 9.17) is 0 Å². The molecule has 5 nitrogen and oxygen atoms in total. The Labute approximate surface area is 85.1 Å². The third-order valence-corrected chi connectivity index (χ3v) is 3.63. The van der Waals surface area contributed by atoms with Gasteiger partial charge in [0.05, 0.1) is 5.57 Å². The quantitative estimate of drug-likeness (QED) is 0.625. The van der Waals surface area contributed by atoms with E-state index in [0.29, 0.717) is 10.6 Å². The molecule has 1 saturated heterocycles. The minimum atomic E-state index is -1.37. The van der Waals surface area contributed by atoms with Gasteiger partial charge in [-0.3, -0.25) is 14.5 Å². The zero-order chi connectivity index (χ0) is 10.1. The highest BCUT2D eigenvalue weighted by molar-refractivity contribution is 7.88. The van der Waals surface area contributed by atoms with Crippen molar-refractivity contribution in [3.8, 4) is 0 Å². The van der Waals surface area contributed by atoms with Crippen LogP contribution in [0.2, 0.25) is 0 Å². The second kappa shape index (κ2) is 3.70. The predicted molar refractivity (Wildman–Crippen MR) is 52.9 cm³/mol. The first-order chi connectivity index (χ1) is 6.70. The number of nitrogens with zero attached hydrogens (tertiary/aromatic N) is 1. The lowest BCUT2D eigenvalue weighted by Crippen LogP contribution is -2.43. The second-order valence-corrected chi connectivity index (χ2v) is 4.53. The molecule has 2 heterocycles. The Morgan fingerprint density at radius 2 is 2.21 bits per heavy atom. The van der Waals surface area contributed by atoms with Crippen LogP contribution in [0, 0.1) is 0 Å². The molecule has 1 fully saturated rings. The Morgan fingerprint density at radius 1 is 1.43 bits per heavy atom. The van der Waals surface area contributed by atoms with E-state index in [0.717, 1.165) is 25.9 Å². The van der Waals surface area contributed by atoms with Gasteiger partial charge in [-0.25, -0.2) is 9.63 Å². The van der Waals surface area contributed by atoms with Crippen molar-refractivity contribution in [2.24, 2.45) is 0 Å². The smallest absolute Gasteiger partial charge is 0.261 e. The topological polar surface area (TPSA) is 61.4 Å². The summed E-state index contributed by atoms with van der Waals surface area (Å²) >= 11 is 0. The molecule has 78 valence electrons. The Hall–Kier alpha value is -0.880. The van der Waals surface area contributed by atoms with Gasteiger partial charge in [-0.2, -0.15) is 0 Å². The standard InChI is InChI=1S/C8H13N3O2S/c1-6-7(12)10-14(13)8(6)11-5-3-2-4-9-11/h9H,2-5H2,1H3,(H,10,12). The van der Waals surface area contributed by atoms with Crippen molar-refractivity contribution in [1.82, 2.24) is 15.2 Å². The van der Waals surface area contributed by atoms with Crippen LogP contribution < -0.4 is 10.1 Å². The lowest BCUT2D eigenvalue weighted by atomic mass is 10.2. The fourth-order valence-electron chi connectivity index (χ4n) is 1.61. The molecular formula is C8H13N3O2S. The third kappa shape index (κ3) is 1.55. The molecule has 0 aromatic rings. The fourth-order valence-corrected chi connectivity index (χ4v) is 2.75. The first-order valence-corrected chi connectivity index (χ1v) is 5.80. The summed E-state index contributed by atoms with van der Waals surface area (Å²) in [7, 11) is -1.37. The Bertz CT molecular complexity index is 321.